The molecule has 0 aliphatic carbocycles. The number of pyridine rings is 1. The van der Waals surface area contributed by atoms with E-state index in [1.807, 2.05) is 13.2 Å². The molecule has 1 heterocycles. The maximum Gasteiger partial charge on any atom is 0.0573 e. The van der Waals surface area contributed by atoms with E-state index in [9.17, 15) is 0 Å². The van der Waals surface area contributed by atoms with Crippen LogP contribution in [0.2, 0.25) is 0 Å². The van der Waals surface area contributed by atoms with E-state index in [0.717, 1.165) is 12.1 Å². The average Bonchev–Trinajstić information content (AvgIpc) is 2.44. The lowest BCUT2D eigenvalue weighted by Gasteiger charge is -2.13. The summed E-state index contributed by atoms with van der Waals surface area (Å²) in [6, 6.07) is 13.2. The first kappa shape index (κ1) is 14.1. The van der Waals surface area contributed by atoms with Gasteiger partial charge in [-0.25, -0.2) is 0 Å². The van der Waals surface area contributed by atoms with Gasteiger partial charge in [-0.05, 0) is 44.7 Å². The van der Waals surface area contributed by atoms with E-state index >= 15 is 0 Å². The molecule has 100 valence electrons. The second-order valence-corrected chi connectivity index (χ2v) is 5.73. The van der Waals surface area contributed by atoms with Gasteiger partial charge in [0.2, 0.25) is 0 Å². The summed E-state index contributed by atoms with van der Waals surface area (Å²) in [6.45, 7) is 4.27. The summed E-state index contributed by atoms with van der Waals surface area (Å²) in [5.41, 5.74) is 2.40. The van der Waals surface area contributed by atoms with Crippen LogP contribution in [0.1, 0.15) is 30.6 Å². The first-order valence-electron chi connectivity index (χ1n) is 6.60. The quantitative estimate of drug-likeness (QED) is 0.882. The van der Waals surface area contributed by atoms with Crippen molar-refractivity contribution in [2.75, 3.05) is 7.05 Å². The second-order valence-electron chi connectivity index (χ2n) is 4.58. The van der Waals surface area contributed by atoms with E-state index in [1.165, 1.54) is 15.4 Å². The number of aromatic nitrogens is 1. The van der Waals surface area contributed by atoms with Crippen LogP contribution >= 0.6 is 11.8 Å². The molecule has 2 aromatic rings. The van der Waals surface area contributed by atoms with Crippen LogP contribution < -0.4 is 5.32 Å². The predicted octanol–water partition coefficient (Wildman–Crippen LogP) is 4.21. The smallest absolute Gasteiger partial charge is 0.0573 e. The van der Waals surface area contributed by atoms with Crippen LogP contribution in [-0.4, -0.2) is 12.0 Å². The standard InChI is InChI=1S/C16H20N2S/c1-4-15(17-3)16-10-9-14(11-18-16)19-13-7-5-12(2)6-8-13/h5-11,15,17H,4H2,1-3H3. The zero-order valence-corrected chi connectivity index (χ0v) is 12.5. The second kappa shape index (κ2) is 6.73. The van der Waals surface area contributed by atoms with E-state index in [0.29, 0.717) is 6.04 Å². The summed E-state index contributed by atoms with van der Waals surface area (Å²) in [5, 5.41) is 3.27. The van der Waals surface area contributed by atoms with Gasteiger partial charge < -0.3 is 5.32 Å². The number of benzene rings is 1. The molecule has 1 unspecified atom stereocenters. The number of hydrogen-bond acceptors (Lipinski definition) is 3. The topological polar surface area (TPSA) is 24.9 Å². The third kappa shape index (κ3) is 3.82. The largest absolute Gasteiger partial charge is 0.312 e. The van der Waals surface area contributed by atoms with Crippen LogP contribution in [0, 0.1) is 6.92 Å². The number of aryl methyl sites for hydroxylation is 1. The van der Waals surface area contributed by atoms with Gasteiger partial charge in [0.25, 0.3) is 0 Å². The molecular formula is C16H20N2S. The van der Waals surface area contributed by atoms with E-state index < -0.39 is 0 Å². The van der Waals surface area contributed by atoms with Crippen molar-refractivity contribution < 1.29 is 0 Å². The van der Waals surface area contributed by atoms with Crippen LogP contribution in [0.15, 0.2) is 52.4 Å². The minimum atomic E-state index is 0.346. The van der Waals surface area contributed by atoms with Gasteiger partial charge in [0.05, 0.1) is 5.69 Å². The van der Waals surface area contributed by atoms with Gasteiger partial charge in [0.15, 0.2) is 0 Å². The van der Waals surface area contributed by atoms with Gasteiger partial charge in [-0.1, -0.05) is 36.4 Å². The summed E-state index contributed by atoms with van der Waals surface area (Å²) >= 11 is 1.75. The van der Waals surface area contributed by atoms with E-state index in [2.05, 4.69) is 60.5 Å². The molecule has 0 spiro atoms. The zero-order chi connectivity index (χ0) is 13.7. The van der Waals surface area contributed by atoms with Crippen molar-refractivity contribution in [1.29, 1.82) is 0 Å². The Hall–Kier alpha value is -1.32. The fourth-order valence-electron chi connectivity index (χ4n) is 1.96. The SMILES string of the molecule is CCC(NC)c1ccc(Sc2ccc(C)cc2)cn1. The van der Waals surface area contributed by atoms with Crippen molar-refractivity contribution in [2.45, 2.75) is 36.1 Å². The lowest BCUT2D eigenvalue weighted by molar-refractivity contribution is 0.561. The minimum Gasteiger partial charge on any atom is -0.312 e. The summed E-state index contributed by atoms with van der Waals surface area (Å²) in [6.07, 6.45) is 3.01. The molecule has 0 amide bonds. The number of nitrogens with one attached hydrogen (secondary N) is 1. The van der Waals surface area contributed by atoms with Gasteiger partial charge in [0.1, 0.15) is 0 Å². The lowest BCUT2D eigenvalue weighted by atomic mass is 10.1. The molecule has 0 fully saturated rings. The first-order valence-corrected chi connectivity index (χ1v) is 7.42. The Morgan fingerprint density at radius 2 is 1.79 bits per heavy atom. The number of rotatable bonds is 5. The molecule has 0 saturated carbocycles. The molecule has 3 heteroatoms. The summed E-state index contributed by atoms with van der Waals surface area (Å²) < 4.78 is 0. The van der Waals surface area contributed by atoms with Gasteiger partial charge in [-0.15, -0.1) is 0 Å². The first-order chi connectivity index (χ1) is 9.22. The molecule has 19 heavy (non-hydrogen) atoms. The summed E-state index contributed by atoms with van der Waals surface area (Å²) in [5.74, 6) is 0. The monoisotopic (exact) mass is 272 g/mol. The Bertz CT molecular complexity index is 501. The van der Waals surface area contributed by atoms with Gasteiger partial charge in [-0.2, -0.15) is 0 Å². The Balaban J connectivity index is 2.08. The Morgan fingerprint density at radius 3 is 2.32 bits per heavy atom. The number of hydrogen-bond donors (Lipinski definition) is 1. The van der Waals surface area contributed by atoms with Gasteiger partial charge in [-0.3, -0.25) is 4.98 Å². The van der Waals surface area contributed by atoms with E-state index in [-0.39, 0.29) is 0 Å². The highest BCUT2D eigenvalue weighted by atomic mass is 32.2. The van der Waals surface area contributed by atoms with Crippen molar-refractivity contribution in [3.8, 4) is 0 Å². The fourth-order valence-corrected chi connectivity index (χ4v) is 2.75. The summed E-state index contributed by atoms with van der Waals surface area (Å²) in [7, 11) is 1.98. The zero-order valence-electron chi connectivity index (χ0n) is 11.7. The molecule has 0 aliphatic rings. The molecule has 0 saturated heterocycles. The molecule has 1 N–H and O–H groups in total. The highest BCUT2D eigenvalue weighted by Crippen LogP contribution is 2.28. The predicted molar refractivity (Wildman–Crippen MR) is 81.6 cm³/mol. The molecule has 0 bridgehead atoms. The Labute approximate surface area is 119 Å². The Morgan fingerprint density at radius 1 is 1.11 bits per heavy atom. The molecule has 2 nitrogen and oxygen atoms in total. The van der Waals surface area contributed by atoms with Crippen molar-refractivity contribution in [1.82, 2.24) is 10.3 Å². The maximum absolute atomic E-state index is 4.55. The molecule has 1 atom stereocenters. The average molecular weight is 272 g/mol. The molecule has 1 aromatic carbocycles. The normalized spacial score (nSPS) is 12.4. The van der Waals surface area contributed by atoms with Crippen LogP contribution in [-0.2, 0) is 0 Å². The van der Waals surface area contributed by atoms with Crippen molar-refractivity contribution >= 4 is 11.8 Å². The van der Waals surface area contributed by atoms with Crippen LogP contribution in [0.5, 0.6) is 0 Å². The molecule has 0 radical (unpaired) electrons. The van der Waals surface area contributed by atoms with Crippen molar-refractivity contribution in [3.63, 3.8) is 0 Å². The number of nitrogens with zero attached hydrogens (tertiary/aromatic N) is 1. The molecule has 2 rings (SSSR count). The fraction of sp³-hybridized carbons (Fsp3) is 0.312. The van der Waals surface area contributed by atoms with Crippen LogP contribution in [0.25, 0.3) is 0 Å². The van der Waals surface area contributed by atoms with Crippen molar-refractivity contribution in [2.24, 2.45) is 0 Å². The minimum absolute atomic E-state index is 0.346. The highest BCUT2D eigenvalue weighted by Gasteiger charge is 2.07. The summed E-state index contributed by atoms with van der Waals surface area (Å²) in [4.78, 5) is 6.98. The van der Waals surface area contributed by atoms with Gasteiger partial charge >= 0.3 is 0 Å². The molecule has 0 aliphatic heterocycles. The van der Waals surface area contributed by atoms with Crippen LogP contribution in [0.4, 0.5) is 0 Å². The molecular weight excluding hydrogens is 252 g/mol. The lowest BCUT2D eigenvalue weighted by Crippen LogP contribution is -2.16. The Kier molecular flexibility index (Phi) is 5.00. The van der Waals surface area contributed by atoms with Gasteiger partial charge in [0, 0.05) is 22.0 Å². The van der Waals surface area contributed by atoms with E-state index in [4.69, 9.17) is 0 Å². The van der Waals surface area contributed by atoms with Crippen LogP contribution in [0.3, 0.4) is 0 Å². The van der Waals surface area contributed by atoms with E-state index in [1.54, 1.807) is 11.8 Å². The third-order valence-corrected chi connectivity index (χ3v) is 4.11. The third-order valence-electron chi connectivity index (χ3n) is 3.13. The molecule has 1 aromatic heterocycles. The maximum atomic E-state index is 4.55. The van der Waals surface area contributed by atoms with Crippen molar-refractivity contribution in [3.05, 3.63) is 53.9 Å². The highest BCUT2D eigenvalue weighted by molar-refractivity contribution is 7.99.